The molecule has 1 nitrogen and oxygen atoms in total. The highest BCUT2D eigenvalue weighted by molar-refractivity contribution is 5.28. The van der Waals surface area contributed by atoms with Crippen molar-refractivity contribution in [1.82, 2.24) is 0 Å². The van der Waals surface area contributed by atoms with E-state index in [0.717, 1.165) is 12.8 Å². The van der Waals surface area contributed by atoms with Crippen LogP contribution in [0.2, 0.25) is 0 Å². The Morgan fingerprint density at radius 2 is 1.55 bits per heavy atom. The zero-order chi connectivity index (χ0) is 14.4. The fourth-order valence-electron chi connectivity index (χ4n) is 4.21. The Morgan fingerprint density at radius 3 is 2.05 bits per heavy atom. The van der Waals surface area contributed by atoms with Gasteiger partial charge in [-0.1, -0.05) is 69.9 Å². The molecule has 0 bridgehead atoms. The van der Waals surface area contributed by atoms with Crippen LogP contribution in [0.3, 0.4) is 0 Å². The van der Waals surface area contributed by atoms with Crippen LogP contribution in [0.5, 0.6) is 0 Å². The number of rotatable bonds is 5. The zero-order valence-electron chi connectivity index (χ0n) is 13.3. The van der Waals surface area contributed by atoms with Gasteiger partial charge in [0.05, 0.1) is 0 Å². The minimum Gasteiger partial charge on any atom is -0.327 e. The maximum absolute atomic E-state index is 6.85. The third kappa shape index (κ3) is 3.09. The van der Waals surface area contributed by atoms with E-state index in [2.05, 4.69) is 44.2 Å². The first-order valence-corrected chi connectivity index (χ1v) is 8.55. The normalized spacial score (nSPS) is 19.6. The number of benzene rings is 1. The second-order valence-electron chi connectivity index (χ2n) is 6.51. The lowest BCUT2D eigenvalue weighted by atomic mass is 9.65. The molecule has 20 heavy (non-hydrogen) atoms. The molecule has 2 rings (SSSR count). The minimum absolute atomic E-state index is 0.163. The Kier molecular flexibility index (Phi) is 5.65. The van der Waals surface area contributed by atoms with Crippen LogP contribution in [-0.2, 0) is 5.41 Å². The molecule has 0 saturated heterocycles. The highest BCUT2D eigenvalue weighted by Gasteiger charge is 2.39. The fourth-order valence-corrected chi connectivity index (χ4v) is 4.21. The molecule has 1 aromatic rings. The summed E-state index contributed by atoms with van der Waals surface area (Å²) >= 11 is 0. The van der Waals surface area contributed by atoms with Gasteiger partial charge < -0.3 is 5.73 Å². The third-order valence-corrected chi connectivity index (χ3v) is 5.66. The topological polar surface area (TPSA) is 26.0 Å². The Labute approximate surface area is 125 Å². The van der Waals surface area contributed by atoms with Gasteiger partial charge in [-0.2, -0.15) is 0 Å². The molecule has 1 aliphatic rings. The Hall–Kier alpha value is -0.820. The lowest BCUT2D eigenvalue weighted by Gasteiger charge is -2.42. The molecule has 1 fully saturated rings. The fraction of sp³-hybridized carbons (Fsp3) is 0.684. The summed E-state index contributed by atoms with van der Waals surface area (Å²) in [5, 5.41) is 0. The van der Waals surface area contributed by atoms with Gasteiger partial charge in [0.2, 0.25) is 0 Å². The van der Waals surface area contributed by atoms with Crippen LogP contribution in [0.1, 0.15) is 70.8 Å². The van der Waals surface area contributed by atoms with E-state index >= 15 is 0 Å². The molecule has 0 aliphatic heterocycles. The number of nitrogens with two attached hydrogens (primary N) is 1. The van der Waals surface area contributed by atoms with E-state index in [1.165, 1.54) is 44.1 Å². The van der Waals surface area contributed by atoms with Gasteiger partial charge in [0.25, 0.3) is 0 Å². The van der Waals surface area contributed by atoms with E-state index in [0.29, 0.717) is 12.0 Å². The molecular weight excluding hydrogens is 242 g/mol. The lowest BCUT2D eigenvalue weighted by molar-refractivity contribution is 0.224. The second-order valence-corrected chi connectivity index (χ2v) is 6.51. The summed E-state index contributed by atoms with van der Waals surface area (Å²) in [5.41, 5.74) is 8.46. The highest BCUT2D eigenvalue weighted by Crippen LogP contribution is 2.40. The van der Waals surface area contributed by atoms with Crippen LogP contribution in [-0.4, -0.2) is 6.04 Å². The van der Waals surface area contributed by atoms with Gasteiger partial charge in [-0.15, -0.1) is 0 Å². The molecule has 0 amide bonds. The summed E-state index contributed by atoms with van der Waals surface area (Å²) < 4.78 is 0. The maximum atomic E-state index is 6.85. The summed E-state index contributed by atoms with van der Waals surface area (Å²) in [7, 11) is 0. The van der Waals surface area contributed by atoms with Crippen molar-refractivity contribution in [3.8, 4) is 0 Å². The van der Waals surface area contributed by atoms with Crippen molar-refractivity contribution in [3.63, 3.8) is 0 Å². The average Bonchev–Trinajstić information content (AvgIpc) is 2.79. The average molecular weight is 273 g/mol. The van der Waals surface area contributed by atoms with Gasteiger partial charge in [0.1, 0.15) is 0 Å². The van der Waals surface area contributed by atoms with E-state index in [4.69, 9.17) is 5.73 Å². The smallest absolute Gasteiger partial charge is 0.0165 e. The van der Waals surface area contributed by atoms with Crippen molar-refractivity contribution in [3.05, 3.63) is 35.9 Å². The molecule has 0 spiro atoms. The van der Waals surface area contributed by atoms with Gasteiger partial charge in [-0.25, -0.2) is 0 Å². The Balaban J connectivity index is 2.26. The molecular formula is C19H31N. The molecule has 1 unspecified atom stereocenters. The van der Waals surface area contributed by atoms with Gasteiger partial charge in [-0.05, 0) is 37.2 Å². The summed E-state index contributed by atoms with van der Waals surface area (Å²) in [6, 6.07) is 11.3. The van der Waals surface area contributed by atoms with Crippen molar-refractivity contribution >= 4 is 0 Å². The van der Waals surface area contributed by atoms with Crippen molar-refractivity contribution in [1.29, 1.82) is 0 Å². The predicted octanol–water partition coefficient (Wildman–Crippen LogP) is 5.04. The molecule has 1 aliphatic carbocycles. The highest BCUT2D eigenvalue weighted by atomic mass is 14.7. The van der Waals surface area contributed by atoms with Crippen molar-refractivity contribution in [2.45, 2.75) is 76.7 Å². The van der Waals surface area contributed by atoms with Crippen molar-refractivity contribution in [2.75, 3.05) is 0 Å². The first-order valence-electron chi connectivity index (χ1n) is 8.55. The Bertz CT molecular complexity index is 372. The second kappa shape index (κ2) is 7.26. The lowest BCUT2D eigenvalue weighted by Crippen LogP contribution is -2.49. The molecule has 1 heteroatoms. The Morgan fingerprint density at radius 1 is 1.00 bits per heavy atom. The molecule has 1 aromatic carbocycles. The monoisotopic (exact) mass is 273 g/mol. The van der Waals surface area contributed by atoms with Gasteiger partial charge in [-0.3, -0.25) is 0 Å². The summed E-state index contributed by atoms with van der Waals surface area (Å²) in [6.45, 7) is 4.63. The van der Waals surface area contributed by atoms with Crippen LogP contribution < -0.4 is 5.73 Å². The molecule has 2 N–H and O–H groups in total. The maximum Gasteiger partial charge on any atom is 0.0165 e. The summed E-state index contributed by atoms with van der Waals surface area (Å²) in [6.07, 6.45) is 10.5. The molecule has 1 atom stereocenters. The molecule has 0 heterocycles. The summed E-state index contributed by atoms with van der Waals surface area (Å²) in [4.78, 5) is 0. The predicted molar refractivity (Wildman–Crippen MR) is 87.9 cm³/mol. The largest absolute Gasteiger partial charge is 0.327 e. The van der Waals surface area contributed by atoms with E-state index in [9.17, 15) is 0 Å². The first kappa shape index (κ1) is 15.6. The molecule has 0 aromatic heterocycles. The van der Waals surface area contributed by atoms with E-state index in [-0.39, 0.29) is 5.41 Å². The van der Waals surface area contributed by atoms with E-state index in [1.54, 1.807) is 0 Å². The quantitative estimate of drug-likeness (QED) is 0.747. The number of hydrogen-bond donors (Lipinski definition) is 1. The van der Waals surface area contributed by atoms with Crippen LogP contribution in [0, 0.1) is 5.92 Å². The van der Waals surface area contributed by atoms with Crippen molar-refractivity contribution in [2.24, 2.45) is 11.7 Å². The molecule has 1 saturated carbocycles. The SMILES string of the molecule is CCC(CC)(c1ccccc1)C(N)C1CCCCCC1. The van der Waals surface area contributed by atoms with Crippen LogP contribution in [0.25, 0.3) is 0 Å². The third-order valence-electron chi connectivity index (χ3n) is 5.66. The van der Waals surface area contributed by atoms with Crippen LogP contribution in [0.15, 0.2) is 30.3 Å². The zero-order valence-corrected chi connectivity index (χ0v) is 13.3. The van der Waals surface area contributed by atoms with Crippen LogP contribution in [0.4, 0.5) is 0 Å². The molecule has 112 valence electrons. The number of hydrogen-bond acceptors (Lipinski definition) is 1. The van der Waals surface area contributed by atoms with Gasteiger partial charge in [0, 0.05) is 11.5 Å². The van der Waals surface area contributed by atoms with E-state index in [1.807, 2.05) is 0 Å². The van der Waals surface area contributed by atoms with Crippen molar-refractivity contribution < 1.29 is 0 Å². The van der Waals surface area contributed by atoms with Gasteiger partial charge >= 0.3 is 0 Å². The minimum atomic E-state index is 0.163. The standard InChI is InChI=1S/C19H31N/c1-3-19(4-2,17-14-10-7-11-15-17)18(20)16-12-8-5-6-9-13-16/h7,10-11,14-16,18H,3-6,8-9,12-13,20H2,1-2H3. The first-order chi connectivity index (χ1) is 9.74. The summed E-state index contributed by atoms with van der Waals surface area (Å²) in [5.74, 6) is 0.706. The molecule has 0 radical (unpaired) electrons. The van der Waals surface area contributed by atoms with Crippen LogP contribution >= 0.6 is 0 Å². The van der Waals surface area contributed by atoms with E-state index < -0.39 is 0 Å². The van der Waals surface area contributed by atoms with Gasteiger partial charge in [0.15, 0.2) is 0 Å².